The van der Waals surface area contributed by atoms with Crippen molar-refractivity contribution in [2.45, 2.75) is 11.0 Å². The topological polar surface area (TPSA) is 46.5 Å². The zero-order valence-corrected chi connectivity index (χ0v) is 7.36. The largest absolute Gasteiger partial charge is 0.462 e. The van der Waals surface area contributed by atoms with E-state index in [4.69, 9.17) is 5.11 Å². The fourth-order valence-corrected chi connectivity index (χ4v) is 0.404. The SMILES string of the molecule is CC(S)(S)C(=O)OCCO. The van der Waals surface area contributed by atoms with Gasteiger partial charge >= 0.3 is 5.97 Å². The van der Waals surface area contributed by atoms with Crippen LogP contribution in [-0.2, 0) is 9.53 Å². The maximum absolute atomic E-state index is 10.7. The van der Waals surface area contributed by atoms with Crippen LogP contribution in [0.1, 0.15) is 6.92 Å². The number of carbonyl (C=O) groups excluding carboxylic acids is 1. The maximum atomic E-state index is 10.7. The molecule has 0 aromatic heterocycles. The summed E-state index contributed by atoms with van der Waals surface area (Å²) >= 11 is 7.66. The van der Waals surface area contributed by atoms with Crippen LogP contribution in [-0.4, -0.2) is 28.4 Å². The van der Waals surface area contributed by atoms with Gasteiger partial charge in [-0.05, 0) is 6.92 Å². The number of esters is 1. The summed E-state index contributed by atoms with van der Waals surface area (Å²) in [6.45, 7) is 1.32. The van der Waals surface area contributed by atoms with Gasteiger partial charge in [0.1, 0.15) is 6.61 Å². The molecule has 0 fully saturated rings. The van der Waals surface area contributed by atoms with E-state index in [1.807, 2.05) is 0 Å². The van der Waals surface area contributed by atoms with Gasteiger partial charge in [0.15, 0.2) is 4.08 Å². The second-order valence-corrected chi connectivity index (χ2v) is 4.02. The van der Waals surface area contributed by atoms with Crippen molar-refractivity contribution in [3.63, 3.8) is 0 Å². The zero-order chi connectivity index (χ0) is 8.20. The summed E-state index contributed by atoms with van der Waals surface area (Å²) in [5.41, 5.74) is 0. The molecule has 0 unspecified atom stereocenters. The molecular formula is C5H10O3S2. The van der Waals surface area contributed by atoms with Gasteiger partial charge in [0.05, 0.1) is 6.61 Å². The average Bonchev–Trinajstić information content (AvgIpc) is 1.80. The summed E-state index contributed by atoms with van der Waals surface area (Å²) in [7, 11) is 0. The van der Waals surface area contributed by atoms with E-state index in [2.05, 4.69) is 30.0 Å². The Balaban J connectivity index is 3.64. The second kappa shape index (κ2) is 4.10. The lowest BCUT2D eigenvalue weighted by Gasteiger charge is -2.13. The van der Waals surface area contributed by atoms with Gasteiger partial charge in [0.2, 0.25) is 0 Å². The number of hydrogen-bond donors (Lipinski definition) is 3. The fraction of sp³-hybridized carbons (Fsp3) is 0.800. The van der Waals surface area contributed by atoms with Crippen molar-refractivity contribution in [2.75, 3.05) is 13.2 Å². The van der Waals surface area contributed by atoms with E-state index >= 15 is 0 Å². The fourth-order valence-electron chi connectivity index (χ4n) is 0.275. The van der Waals surface area contributed by atoms with Gasteiger partial charge in [-0.25, -0.2) is 4.79 Å². The first-order valence-electron chi connectivity index (χ1n) is 2.71. The second-order valence-electron chi connectivity index (χ2n) is 1.88. The molecule has 0 aliphatic heterocycles. The highest BCUT2D eigenvalue weighted by Crippen LogP contribution is 2.19. The number of aliphatic hydroxyl groups is 1. The van der Waals surface area contributed by atoms with Crippen molar-refractivity contribution >= 4 is 31.2 Å². The molecule has 0 aromatic rings. The summed E-state index contributed by atoms with van der Waals surface area (Å²) in [5, 5.41) is 8.25. The lowest BCUT2D eigenvalue weighted by atomic mass is 10.5. The third kappa shape index (κ3) is 4.03. The number of carbonyl (C=O) groups is 1. The van der Waals surface area contributed by atoms with Crippen LogP contribution in [0.2, 0.25) is 0 Å². The third-order valence-corrected chi connectivity index (χ3v) is 1.08. The van der Waals surface area contributed by atoms with Crippen molar-refractivity contribution in [3.05, 3.63) is 0 Å². The highest BCUT2D eigenvalue weighted by molar-refractivity contribution is 8.01. The van der Waals surface area contributed by atoms with Gasteiger partial charge in [-0.3, -0.25) is 0 Å². The van der Waals surface area contributed by atoms with Crippen molar-refractivity contribution < 1.29 is 14.6 Å². The lowest BCUT2D eigenvalue weighted by Crippen LogP contribution is -2.25. The highest BCUT2D eigenvalue weighted by Gasteiger charge is 2.25. The Morgan fingerprint density at radius 3 is 2.50 bits per heavy atom. The number of ether oxygens (including phenoxy) is 1. The molecule has 0 atom stereocenters. The van der Waals surface area contributed by atoms with Crippen LogP contribution in [0.4, 0.5) is 0 Å². The summed E-state index contributed by atoms with van der Waals surface area (Å²) < 4.78 is 3.44. The molecule has 0 rings (SSSR count). The Kier molecular flexibility index (Phi) is 4.15. The molecule has 0 radical (unpaired) electrons. The third-order valence-electron chi connectivity index (χ3n) is 0.711. The average molecular weight is 182 g/mol. The number of rotatable bonds is 3. The Bertz CT molecular complexity index is 119. The normalized spacial score (nSPS) is 11.2. The minimum Gasteiger partial charge on any atom is -0.462 e. The van der Waals surface area contributed by atoms with E-state index < -0.39 is 10.0 Å². The quantitative estimate of drug-likeness (QED) is 0.329. The monoisotopic (exact) mass is 182 g/mol. The standard InChI is InChI=1S/C5H10O3S2/c1-5(9,10)4(7)8-3-2-6/h6,9-10H,2-3H2,1H3. The van der Waals surface area contributed by atoms with E-state index in [1.165, 1.54) is 6.92 Å². The van der Waals surface area contributed by atoms with E-state index in [0.29, 0.717) is 0 Å². The molecule has 0 saturated carbocycles. The van der Waals surface area contributed by atoms with Crippen LogP contribution in [0.25, 0.3) is 0 Å². The molecular weight excluding hydrogens is 172 g/mol. The van der Waals surface area contributed by atoms with E-state index in [0.717, 1.165) is 0 Å². The van der Waals surface area contributed by atoms with Crippen LogP contribution < -0.4 is 0 Å². The van der Waals surface area contributed by atoms with Gasteiger partial charge in [0, 0.05) is 0 Å². The Hall–Kier alpha value is 0.130. The summed E-state index contributed by atoms with van der Waals surface area (Å²) in [4.78, 5) is 10.7. The molecule has 0 heterocycles. The van der Waals surface area contributed by atoms with Crippen LogP contribution in [0.15, 0.2) is 0 Å². The minimum atomic E-state index is -1.07. The lowest BCUT2D eigenvalue weighted by molar-refractivity contribution is -0.144. The van der Waals surface area contributed by atoms with Crippen molar-refractivity contribution in [3.8, 4) is 0 Å². The zero-order valence-electron chi connectivity index (χ0n) is 5.57. The van der Waals surface area contributed by atoms with Gasteiger partial charge in [0.25, 0.3) is 0 Å². The van der Waals surface area contributed by atoms with E-state index in [9.17, 15) is 4.79 Å². The smallest absolute Gasteiger partial charge is 0.331 e. The van der Waals surface area contributed by atoms with Gasteiger partial charge in [-0.2, -0.15) is 25.3 Å². The first-order valence-corrected chi connectivity index (χ1v) is 3.60. The van der Waals surface area contributed by atoms with Crippen molar-refractivity contribution in [2.24, 2.45) is 0 Å². The summed E-state index contributed by atoms with van der Waals surface area (Å²) in [6.07, 6.45) is 0. The molecule has 0 bridgehead atoms. The van der Waals surface area contributed by atoms with E-state index in [1.54, 1.807) is 0 Å². The number of aliphatic hydroxyl groups excluding tert-OH is 1. The highest BCUT2D eigenvalue weighted by atomic mass is 32.2. The number of hydrogen-bond acceptors (Lipinski definition) is 5. The molecule has 0 amide bonds. The summed E-state index contributed by atoms with van der Waals surface area (Å²) in [5.74, 6) is -0.548. The minimum absolute atomic E-state index is 0.00442. The molecule has 0 aliphatic rings. The molecule has 0 aromatic carbocycles. The number of thiol groups is 2. The molecule has 0 aliphatic carbocycles. The molecule has 5 heteroatoms. The van der Waals surface area contributed by atoms with Crippen LogP contribution >= 0.6 is 25.3 Å². The van der Waals surface area contributed by atoms with Gasteiger partial charge < -0.3 is 9.84 Å². The Labute approximate surface area is 70.6 Å². The first-order chi connectivity index (χ1) is 4.48. The van der Waals surface area contributed by atoms with Crippen LogP contribution in [0, 0.1) is 0 Å². The molecule has 10 heavy (non-hydrogen) atoms. The van der Waals surface area contributed by atoms with Gasteiger partial charge in [-0.15, -0.1) is 0 Å². The van der Waals surface area contributed by atoms with Crippen molar-refractivity contribution in [1.29, 1.82) is 0 Å². The first kappa shape index (κ1) is 10.1. The predicted octanol–water partition coefficient (Wildman–Crippen LogP) is 0.0977. The van der Waals surface area contributed by atoms with E-state index in [-0.39, 0.29) is 13.2 Å². The Morgan fingerprint density at radius 1 is 1.70 bits per heavy atom. The van der Waals surface area contributed by atoms with Crippen LogP contribution in [0.3, 0.4) is 0 Å². The summed E-state index contributed by atoms with van der Waals surface area (Å²) in [6, 6.07) is 0. The Morgan fingerprint density at radius 2 is 2.20 bits per heavy atom. The van der Waals surface area contributed by atoms with Crippen molar-refractivity contribution in [1.82, 2.24) is 0 Å². The molecule has 3 nitrogen and oxygen atoms in total. The van der Waals surface area contributed by atoms with Gasteiger partial charge in [-0.1, -0.05) is 0 Å². The maximum Gasteiger partial charge on any atom is 0.331 e. The molecule has 60 valence electrons. The molecule has 1 N–H and O–H groups in total. The van der Waals surface area contributed by atoms with Crippen LogP contribution in [0.5, 0.6) is 0 Å². The predicted molar refractivity (Wildman–Crippen MR) is 44.4 cm³/mol. The molecule has 0 spiro atoms. The molecule has 0 saturated heterocycles.